The van der Waals surface area contributed by atoms with Gasteiger partial charge in [-0.1, -0.05) is 19.8 Å². The van der Waals surface area contributed by atoms with E-state index in [-0.39, 0.29) is 0 Å². The predicted octanol–water partition coefficient (Wildman–Crippen LogP) is 2.95. The van der Waals surface area contributed by atoms with Crippen LogP contribution >= 0.6 is 0 Å². The first-order valence-electron chi connectivity index (χ1n) is 7.41. The van der Waals surface area contributed by atoms with Crippen LogP contribution in [-0.4, -0.2) is 32.4 Å². The van der Waals surface area contributed by atoms with Crippen molar-refractivity contribution in [3.63, 3.8) is 0 Å². The SMILES string of the molecule is CCCCCCn1cc[n+](C)c1.O=S(=O)([N-]S(=O)(=O)C(F)(F)F)C(F)(F)F. The van der Waals surface area contributed by atoms with Gasteiger partial charge >= 0.3 is 11.0 Å². The fourth-order valence-corrected chi connectivity index (χ4v) is 3.28. The zero-order chi connectivity index (χ0) is 21.5. The lowest BCUT2D eigenvalue weighted by Crippen LogP contribution is -2.30. The minimum Gasteiger partial charge on any atom is -0.421 e. The summed E-state index contributed by atoms with van der Waals surface area (Å²) in [5.41, 5.74) is -12.4. The number of unbranched alkanes of at least 4 members (excludes halogenated alkanes) is 3. The minimum atomic E-state index is -6.72. The van der Waals surface area contributed by atoms with Crippen LogP contribution in [0.2, 0.25) is 0 Å². The average molecular weight is 447 g/mol. The van der Waals surface area contributed by atoms with Gasteiger partial charge in [-0.2, -0.15) is 26.3 Å². The number of aryl methyl sites for hydroxylation is 2. The third-order valence-electron chi connectivity index (χ3n) is 2.87. The summed E-state index contributed by atoms with van der Waals surface area (Å²) in [5.74, 6) is 0. The maximum Gasteiger partial charge on any atom is 0.480 e. The van der Waals surface area contributed by atoms with Crippen molar-refractivity contribution in [2.75, 3.05) is 0 Å². The second kappa shape index (κ2) is 9.73. The summed E-state index contributed by atoms with van der Waals surface area (Å²) in [6.45, 7) is 3.41. The van der Waals surface area contributed by atoms with Crippen molar-refractivity contribution < 1.29 is 47.7 Å². The van der Waals surface area contributed by atoms with Gasteiger partial charge in [-0.15, -0.1) is 0 Å². The molecule has 1 aromatic rings. The summed E-state index contributed by atoms with van der Waals surface area (Å²) >= 11 is 0. The van der Waals surface area contributed by atoms with Crippen molar-refractivity contribution in [1.82, 2.24) is 4.57 Å². The number of nitrogens with zero attached hydrogens (tertiary/aromatic N) is 3. The lowest BCUT2D eigenvalue weighted by molar-refractivity contribution is -0.671. The lowest BCUT2D eigenvalue weighted by atomic mass is 10.2. The second-order valence-corrected chi connectivity index (χ2v) is 8.72. The number of hydrogen-bond donors (Lipinski definition) is 0. The number of alkyl halides is 6. The van der Waals surface area contributed by atoms with Crippen molar-refractivity contribution >= 4 is 20.0 Å². The normalized spacial score (nSPS) is 13.2. The van der Waals surface area contributed by atoms with Gasteiger partial charge in [0, 0.05) is 0 Å². The average Bonchev–Trinajstić information content (AvgIpc) is 2.86. The van der Waals surface area contributed by atoms with Crippen LogP contribution in [0.25, 0.3) is 4.13 Å². The van der Waals surface area contributed by atoms with E-state index in [1.54, 1.807) is 0 Å². The molecule has 1 aromatic heterocycles. The van der Waals surface area contributed by atoms with Gasteiger partial charge in [0.1, 0.15) is 12.4 Å². The fourth-order valence-electron chi connectivity index (χ4n) is 1.57. The molecule has 0 aliphatic heterocycles. The summed E-state index contributed by atoms with van der Waals surface area (Å²) in [6, 6.07) is 0. The van der Waals surface area contributed by atoms with Crippen molar-refractivity contribution in [3.05, 3.63) is 22.8 Å². The van der Waals surface area contributed by atoms with Crippen molar-refractivity contribution in [2.45, 2.75) is 50.2 Å². The molecule has 15 heteroatoms. The van der Waals surface area contributed by atoms with E-state index in [1.165, 1.54) is 32.2 Å². The van der Waals surface area contributed by atoms with Crippen molar-refractivity contribution in [1.29, 1.82) is 0 Å². The zero-order valence-corrected chi connectivity index (χ0v) is 16.0. The van der Waals surface area contributed by atoms with E-state index in [1.807, 2.05) is 0 Å². The molecule has 0 atom stereocenters. The highest BCUT2D eigenvalue weighted by Gasteiger charge is 2.46. The molecular formula is C12H19F6N3O4S2. The van der Waals surface area contributed by atoms with Crippen LogP contribution in [0, 0.1) is 0 Å². The number of halogens is 6. The second-order valence-electron chi connectivity index (χ2n) is 5.29. The molecule has 0 N–H and O–H groups in total. The fraction of sp³-hybridized carbons (Fsp3) is 0.750. The molecule has 1 rings (SSSR count). The molecule has 0 aliphatic rings. The zero-order valence-electron chi connectivity index (χ0n) is 14.3. The molecule has 7 nitrogen and oxygen atoms in total. The highest BCUT2D eigenvalue weighted by molar-refractivity contribution is 8.13. The molecule has 0 fully saturated rings. The Balaban J connectivity index is 0.000000511. The summed E-state index contributed by atoms with van der Waals surface area (Å²) in [5, 5.41) is 0. The monoisotopic (exact) mass is 447 g/mol. The van der Waals surface area contributed by atoms with Gasteiger partial charge in [-0.05, 0) is 12.8 Å². The maximum atomic E-state index is 11.4. The molecule has 0 radical (unpaired) electrons. The highest BCUT2D eigenvalue weighted by Crippen LogP contribution is 2.36. The summed E-state index contributed by atoms with van der Waals surface area (Å²) in [7, 11) is -11.4. The Bertz CT molecular complexity index is 743. The van der Waals surface area contributed by atoms with Crippen LogP contribution < -0.4 is 4.57 Å². The number of hydrogen-bond acceptors (Lipinski definition) is 4. The van der Waals surface area contributed by atoms with Crippen LogP contribution in [0.15, 0.2) is 18.7 Å². The predicted molar refractivity (Wildman–Crippen MR) is 83.1 cm³/mol. The Labute approximate surface area is 153 Å². The van der Waals surface area contributed by atoms with Crippen LogP contribution in [-0.2, 0) is 33.6 Å². The van der Waals surface area contributed by atoms with Crippen molar-refractivity contribution in [2.24, 2.45) is 7.05 Å². The van der Waals surface area contributed by atoms with Crippen LogP contribution in [0.5, 0.6) is 0 Å². The minimum absolute atomic E-state index is 0.778. The molecule has 0 spiro atoms. The number of rotatable bonds is 7. The van der Waals surface area contributed by atoms with Gasteiger partial charge in [0.2, 0.25) is 6.33 Å². The molecule has 27 heavy (non-hydrogen) atoms. The Hall–Kier alpha value is -1.35. The van der Waals surface area contributed by atoms with Gasteiger partial charge in [-0.3, -0.25) is 0 Å². The van der Waals surface area contributed by atoms with Crippen LogP contribution in [0.3, 0.4) is 0 Å². The Morgan fingerprint density at radius 1 is 0.926 bits per heavy atom. The molecule has 0 bridgehead atoms. The highest BCUT2D eigenvalue weighted by atomic mass is 32.3. The van der Waals surface area contributed by atoms with Gasteiger partial charge in [-0.25, -0.2) is 26.0 Å². The van der Waals surface area contributed by atoms with Gasteiger partial charge in [0.15, 0.2) is 20.0 Å². The first-order valence-corrected chi connectivity index (χ1v) is 10.3. The van der Waals surface area contributed by atoms with Gasteiger partial charge < -0.3 is 4.13 Å². The standard InChI is InChI=1S/C10H19N2.C2F6NO4S2/c1-3-4-5-6-7-12-9-8-11(2)10-12;3-1(4,5)14(10,11)9-15(12,13)2(6,7)8/h8-10H,3-7H2,1-2H3;/q+1;-1. The Morgan fingerprint density at radius 2 is 1.41 bits per heavy atom. The van der Waals surface area contributed by atoms with Crippen molar-refractivity contribution in [3.8, 4) is 0 Å². The van der Waals surface area contributed by atoms with E-state index in [4.69, 9.17) is 0 Å². The maximum absolute atomic E-state index is 11.4. The molecule has 0 aromatic carbocycles. The van der Waals surface area contributed by atoms with Gasteiger partial charge in [0.05, 0.1) is 13.6 Å². The lowest BCUT2D eigenvalue weighted by Gasteiger charge is -2.22. The van der Waals surface area contributed by atoms with Crippen LogP contribution in [0.4, 0.5) is 26.3 Å². The Kier molecular flexibility index (Phi) is 9.24. The third kappa shape index (κ3) is 8.92. The number of sulfonamides is 2. The third-order valence-corrected chi connectivity index (χ3v) is 5.61. The topological polar surface area (TPSA) is 91.2 Å². The first-order chi connectivity index (χ1) is 12.0. The largest absolute Gasteiger partial charge is 0.480 e. The van der Waals surface area contributed by atoms with E-state index in [0.717, 1.165) is 4.13 Å². The molecule has 0 saturated heterocycles. The van der Waals surface area contributed by atoms with Crippen LogP contribution in [0.1, 0.15) is 32.6 Å². The van der Waals surface area contributed by atoms with E-state index in [9.17, 15) is 43.2 Å². The van der Waals surface area contributed by atoms with E-state index in [0.29, 0.717) is 0 Å². The number of imidazole rings is 1. The van der Waals surface area contributed by atoms with E-state index in [2.05, 4.69) is 41.8 Å². The summed E-state index contributed by atoms with van der Waals surface area (Å²) in [6.07, 6.45) is 11.7. The molecule has 0 amide bonds. The Morgan fingerprint density at radius 3 is 1.74 bits per heavy atom. The quantitative estimate of drug-likeness (QED) is 0.365. The smallest absolute Gasteiger partial charge is 0.421 e. The van der Waals surface area contributed by atoms with E-state index >= 15 is 0 Å². The molecular weight excluding hydrogens is 428 g/mol. The molecule has 160 valence electrons. The molecule has 0 saturated carbocycles. The summed E-state index contributed by atoms with van der Waals surface area (Å²) in [4.78, 5) is 0. The molecule has 0 aliphatic carbocycles. The van der Waals surface area contributed by atoms with Gasteiger partial charge in [0.25, 0.3) is 0 Å². The molecule has 0 unspecified atom stereocenters. The molecule has 1 heterocycles. The van der Waals surface area contributed by atoms with E-state index < -0.39 is 31.1 Å². The number of aromatic nitrogens is 2. The first kappa shape index (κ1) is 25.6. The summed E-state index contributed by atoms with van der Waals surface area (Å²) < 4.78 is 114.